The predicted octanol–water partition coefficient (Wildman–Crippen LogP) is 0.315. The number of nitrogens with zero attached hydrogens (tertiary/aromatic N) is 2. The molecule has 0 saturated heterocycles. The van der Waals surface area contributed by atoms with Crippen molar-refractivity contribution in [1.82, 2.24) is 20.0 Å². The van der Waals surface area contributed by atoms with E-state index in [1.54, 1.807) is 18.5 Å². The van der Waals surface area contributed by atoms with E-state index >= 15 is 0 Å². The normalized spacial score (nSPS) is 11.1. The summed E-state index contributed by atoms with van der Waals surface area (Å²) in [5.41, 5.74) is 0.362. The van der Waals surface area contributed by atoms with Crippen LogP contribution in [0.3, 0.4) is 0 Å². The number of hydrogen-bond donors (Lipinski definition) is 2. The molecule has 0 spiro atoms. The summed E-state index contributed by atoms with van der Waals surface area (Å²) in [6, 6.07) is 7.34. The molecule has 1 amide bonds. The van der Waals surface area contributed by atoms with E-state index in [9.17, 15) is 13.2 Å². The van der Waals surface area contributed by atoms with Gasteiger partial charge in [0.25, 0.3) is 5.91 Å². The molecule has 7 nitrogen and oxygen atoms in total. The molecule has 8 heteroatoms. The SMILES string of the molecule is CNS(=O)(=O)c1ccc(C(=O)NCc2ncccn2)cc1. The molecule has 0 saturated carbocycles. The van der Waals surface area contributed by atoms with Gasteiger partial charge in [-0.3, -0.25) is 4.79 Å². The smallest absolute Gasteiger partial charge is 0.251 e. The Hall–Kier alpha value is -2.32. The van der Waals surface area contributed by atoms with Gasteiger partial charge in [-0.1, -0.05) is 0 Å². The van der Waals surface area contributed by atoms with Crippen LogP contribution in [0.5, 0.6) is 0 Å². The maximum atomic E-state index is 11.9. The predicted molar refractivity (Wildman–Crippen MR) is 75.9 cm³/mol. The van der Waals surface area contributed by atoms with E-state index in [1.165, 1.54) is 31.3 Å². The fourth-order valence-electron chi connectivity index (χ4n) is 1.59. The first-order valence-electron chi connectivity index (χ1n) is 6.10. The number of aromatic nitrogens is 2. The van der Waals surface area contributed by atoms with E-state index in [4.69, 9.17) is 0 Å². The van der Waals surface area contributed by atoms with Crippen LogP contribution in [0, 0.1) is 0 Å². The lowest BCUT2D eigenvalue weighted by molar-refractivity contribution is 0.0949. The van der Waals surface area contributed by atoms with Gasteiger partial charge < -0.3 is 5.32 Å². The van der Waals surface area contributed by atoms with Crippen LogP contribution >= 0.6 is 0 Å². The average Bonchev–Trinajstić information content (AvgIpc) is 2.53. The van der Waals surface area contributed by atoms with Gasteiger partial charge in [0.2, 0.25) is 10.0 Å². The van der Waals surface area contributed by atoms with Crippen molar-refractivity contribution in [1.29, 1.82) is 0 Å². The van der Waals surface area contributed by atoms with E-state index in [-0.39, 0.29) is 17.3 Å². The van der Waals surface area contributed by atoms with Crippen LogP contribution in [0.4, 0.5) is 0 Å². The minimum Gasteiger partial charge on any atom is -0.345 e. The van der Waals surface area contributed by atoms with Gasteiger partial charge in [0.15, 0.2) is 0 Å². The number of rotatable bonds is 5. The van der Waals surface area contributed by atoms with E-state index in [1.807, 2.05) is 0 Å². The van der Waals surface area contributed by atoms with Gasteiger partial charge in [0, 0.05) is 18.0 Å². The molecule has 0 fully saturated rings. The van der Waals surface area contributed by atoms with Crippen LogP contribution < -0.4 is 10.0 Å². The summed E-state index contributed by atoms with van der Waals surface area (Å²) in [5, 5.41) is 2.66. The summed E-state index contributed by atoms with van der Waals surface area (Å²) in [7, 11) is -2.17. The zero-order valence-corrected chi connectivity index (χ0v) is 12.1. The molecule has 0 aliphatic rings. The molecule has 2 rings (SSSR count). The van der Waals surface area contributed by atoms with Crippen molar-refractivity contribution in [2.45, 2.75) is 11.4 Å². The van der Waals surface area contributed by atoms with Gasteiger partial charge in [-0.15, -0.1) is 0 Å². The molecule has 1 aromatic heterocycles. The number of benzene rings is 1. The summed E-state index contributed by atoms with van der Waals surface area (Å²) in [4.78, 5) is 20.0. The number of hydrogen-bond acceptors (Lipinski definition) is 5. The number of carbonyl (C=O) groups is 1. The average molecular weight is 306 g/mol. The molecule has 0 aliphatic heterocycles. The lowest BCUT2D eigenvalue weighted by Crippen LogP contribution is -2.24. The zero-order chi connectivity index (χ0) is 15.3. The lowest BCUT2D eigenvalue weighted by Gasteiger charge is -2.06. The highest BCUT2D eigenvalue weighted by molar-refractivity contribution is 7.89. The highest BCUT2D eigenvalue weighted by Crippen LogP contribution is 2.10. The summed E-state index contributed by atoms with van der Waals surface area (Å²) in [5.74, 6) is 0.177. The molecule has 2 N–H and O–H groups in total. The molecule has 0 unspecified atom stereocenters. The van der Waals surface area contributed by atoms with Gasteiger partial charge in [-0.2, -0.15) is 0 Å². The number of amides is 1. The molecule has 21 heavy (non-hydrogen) atoms. The first-order valence-corrected chi connectivity index (χ1v) is 7.59. The molecule has 2 aromatic rings. The van der Waals surface area contributed by atoms with Crippen molar-refractivity contribution >= 4 is 15.9 Å². The number of sulfonamides is 1. The summed E-state index contributed by atoms with van der Waals surface area (Å²) in [6.07, 6.45) is 3.18. The second-order valence-electron chi connectivity index (χ2n) is 4.08. The summed E-state index contributed by atoms with van der Waals surface area (Å²) >= 11 is 0. The van der Waals surface area contributed by atoms with E-state index in [2.05, 4.69) is 20.0 Å². The molecule has 110 valence electrons. The Kier molecular flexibility index (Phi) is 4.61. The second-order valence-corrected chi connectivity index (χ2v) is 5.97. The first kappa shape index (κ1) is 15.1. The number of carbonyl (C=O) groups excluding carboxylic acids is 1. The topological polar surface area (TPSA) is 101 Å². The second kappa shape index (κ2) is 6.42. The van der Waals surface area contributed by atoms with E-state index < -0.39 is 10.0 Å². The Balaban J connectivity index is 2.04. The Morgan fingerprint density at radius 2 is 1.76 bits per heavy atom. The Labute approximate surface area is 122 Å². The zero-order valence-electron chi connectivity index (χ0n) is 11.3. The maximum absolute atomic E-state index is 11.9. The van der Waals surface area contributed by atoms with Crippen LogP contribution in [0.2, 0.25) is 0 Å². The minimum atomic E-state index is -3.50. The third-order valence-electron chi connectivity index (χ3n) is 2.72. The molecule has 0 aliphatic carbocycles. The van der Waals surface area contributed by atoms with Crippen LogP contribution in [0.25, 0.3) is 0 Å². The van der Waals surface area contributed by atoms with Crippen molar-refractivity contribution in [2.24, 2.45) is 0 Å². The third-order valence-corrected chi connectivity index (χ3v) is 4.15. The van der Waals surface area contributed by atoms with Gasteiger partial charge >= 0.3 is 0 Å². The minimum absolute atomic E-state index is 0.105. The first-order chi connectivity index (χ1) is 10.0. The molecule has 0 atom stereocenters. The van der Waals surface area contributed by atoms with Crippen LogP contribution in [0.1, 0.15) is 16.2 Å². The monoisotopic (exact) mass is 306 g/mol. The van der Waals surface area contributed by atoms with Gasteiger partial charge in [-0.25, -0.2) is 23.1 Å². The highest BCUT2D eigenvalue weighted by atomic mass is 32.2. The molecule has 0 radical (unpaired) electrons. The largest absolute Gasteiger partial charge is 0.345 e. The molecular formula is C13H14N4O3S. The van der Waals surface area contributed by atoms with E-state index in [0.29, 0.717) is 11.4 Å². The maximum Gasteiger partial charge on any atom is 0.251 e. The summed E-state index contributed by atoms with van der Waals surface area (Å²) < 4.78 is 25.3. The van der Waals surface area contributed by atoms with Crippen LogP contribution in [0.15, 0.2) is 47.6 Å². The van der Waals surface area contributed by atoms with Crippen LogP contribution in [-0.4, -0.2) is 31.3 Å². The fraction of sp³-hybridized carbons (Fsp3) is 0.154. The van der Waals surface area contributed by atoms with Crippen molar-refractivity contribution in [3.05, 3.63) is 54.1 Å². The lowest BCUT2D eigenvalue weighted by atomic mass is 10.2. The molecular weight excluding hydrogens is 292 g/mol. The van der Waals surface area contributed by atoms with Crippen molar-refractivity contribution < 1.29 is 13.2 Å². The van der Waals surface area contributed by atoms with Crippen molar-refractivity contribution in [3.63, 3.8) is 0 Å². The Morgan fingerprint density at radius 3 is 2.33 bits per heavy atom. The fourth-order valence-corrected chi connectivity index (χ4v) is 2.32. The molecule has 0 bridgehead atoms. The molecule has 1 heterocycles. The third kappa shape index (κ3) is 3.83. The highest BCUT2D eigenvalue weighted by Gasteiger charge is 2.12. The van der Waals surface area contributed by atoms with Gasteiger partial charge in [0.1, 0.15) is 5.82 Å². The summed E-state index contributed by atoms with van der Waals surface area (Å²) in [6.45, 7) is 0.205. The number of nitrogens with one attached hydrogen (secondary N) is 2. The van der Waals surface area contributed by atoms with Crippen molar-refractivity contribution in [2.75, 3.05) is 7.05 Å². The quantitative estimate of drug-likeness (QED) is 0.828. The van der Waals surface area contributed by atoms with Crippen LogP contribution in [-0.2, 0) is 16.6 Å². The van der Waals surface area contributed by atoms with E-state index in [0.717, 1.165) is 0 Å². The standard InChI is InChI=1S/C13H14N4O3S/c1-14-21(19,20)11-5-3-10(4-6-11)13(18)17-9-12-15-7-2-8-16-12/h2-8,14H,9H2,1H3,(H,17,18). The van der Waals surface area contributed by atoms with Gasteiger partial charge in [0.05, 0.1) is 11.4 Å². The Morgan fingerprint density at radius 1 is 1.14 bits per heavy atom. The van der Waals surface area contributed by atoms with Gasteiger partial charge in [-0.05, 0) is 37.4 Å². The molecule has 1 aromatic carbocycles. The van der Waals surface area contributed by atoms with Crippen molar-refractivity contribution in [3.8, 4) is 0 Å². The Bertz CT molecular complexity index is 715.